The van der Waals surface area contributed by atoms with E-state index >= 15 is 0 Å². The lowest BCUT2D eigenvalue weighted by atomic mass is 10.1. The van der Waals surface area contributed by atoms with Gasteiger partial charge in [-0.15, -0.1) is 0 Å². The molecule has 0 bridgehead atoms. The normalized spacial score (nSPS) is 14.0. The monoisotopic (exact) mass is 377 g/mol. The van der Waals surface area contributed by atoms with Crippen molar-refractivity contribution in [2.24, 2.45) is 0 Å². The molecule has 1 aliphatic rings. The Labute approximate surface area is 164 Å². The maximum Gasteiger partial charge on any atom is 0.237 e. The van der Waals surface area contributed by atoms with Crippen molar-refractivity contribution < 1.29 is 9.47 Å². The first-order valence-electron chi connectivity index (χ1n) is 9.27. The average molecular weight is 377 g/mol. The quantitative estimate of drug-likeness (QED) is 0.730. The standard InChI is InChI=1S/C21H23N5O2/c1-15-3-5-16(6-4-15)17-13-18(20(27-2)23-14-17)24-19-7-8-22-21(25-19)26-9-11-28-12-10-26/h3-8,13-14H,9-12H2,1-2H3,(H,22,24,25). The van der Waals surface area contributed by atoms with Gasteiger partial charge in [0, 0.05) is 31.0 Å². The summed E-state index contributed by atoms with van der Waals surface area (Å²) in [4.78, 5) is 15.6. The van der Waals surface area contributed by atoms with Crippen LogP contribution in [-0.4, -0.2) is 48.4 Å². The van der Waals surface area contributed by atoms with E-state index in [1.165, 1.54) is 5.56 Å². The van der Waals surface area contributed by atoms with Crippen LogP contribution in [0.25, 0.3) is 11.1 Å². The molecule has 3 heterocycles. The highest BCUT2D eigenvalue weighted by Gasteiger charge is 2.15. The van der Waals surface area contributed by atoms with E-state index in [-0.39, 0.29) is 0 Å². The Bertz CT molecular complexity index is 940. The van der Waals surface area contributed by atoms with E-state index in [0.29, 0.717) is 30.9 Å². The Morgan fingerprint density at radius 1 is 1.04 bits per heavy atom. The van der Waals surface area contributed by atoms with Gasteiger partial charge in [0.15, 0.2) is 0 Å². The summed E-state index contributed by atoms with van der Waals surface area (Å²) in [6.45, 7) is 5.04. The molecule has 144 valence electrons. The number of pyridine rings is 1. The maximum absolute atomic E-state index is 5.43. The van der Waals surface area contributed by atoms with Crippen LogP contribution in [0.3, 0.4) is 0 Å². The lowest BCUT2D eigenvalue weighted by Crippen LogP contribution is -2.37. The van der Waals surface area contributed by atoms with E-state index in [1.807, 2.05) is 18.3 Å². The topological polar surface area (TPSA) is 72.4 Å². The molecule has 1 aliphatic heterocycles. The molecule has 1 N–H and O–H groups in total. The molecule has 2 aromatic heterocycles. The van der Waals surface area contributed by atoms with Crippen molar-refractivity contribution in [2.75, 3.05) is 43.6 Å². The molecule has 0 unspecified atom stereocenters. The molecule has 0 radical (unpaired) electrons. The fourth-order valence-corrected chi connectivity index (χ4v) is 3.08. The van der Waals surface area contributed by atoms with Gasteiger partial charge in [0.25, 0.3) is 0 Å². The number of rotatable bonds is 5. The average Bonchev–Trinajstić information content (AvgIpc) is 2.75. The maximum atomic E-state index is 5.43. The SMILES string of the molecule is COc1ncc(-c2ccc(C)cc2)cc1Nc1ccnc(N2CCOCC2)n1. The number of methoxy groups -OCH3 is 1. The minimum Gasteiger partial charge on any atom is -0.480 e. The number of aryl methyl sites for hydroxylation is 1. The van der Waals surface area contributed by atoms with Crippen molar-refractivity contribution in [3.63, 3.8) is 0 Å². The van der Waals surface area contributed by atoms with Crippen molar-refractivity contribution in [2.45, 2.75) is 6.92 Å². The summed E-state index contributed by atoms with van der Waals surface area (Å²) in [6, 6.07) is 12.2. The van der Waals surface area contributed by atoms with Gasteiger partial charge in [0.1, 0.15) is 11.5 Å². The van der Waals surface area contributed by atoms with E-state index in [0.717, 1.165) is 29.9 Å². The largest absolute Gasteiger partial charge is 0.480 e. The predicted octanol–water partition coefficient (Wildman–Crippen LogP) is 3.44. The summed E-state index contributed by atoms with van der Waals surface area (Å²) in [6.07, 6.45) is 3.57. The van der Waals surface area contributed by atoms with Gasteiger partial charge in [-0.05, 0) is 24.6 Å². The second-order valence-electron chi connectivity index (χ2n) is 6.61. The van der Waals surface area contributed by atoms with Gasteiger partial charge in [0.05, 0.1) is 20.3 Å². The first kappa shape index (κ1) is 18.2. The molecule has 7 heteroatoms. The van der Waals surface area contributed by atoms with Crippen molar-refractivity contribution in [1.29, 1.82) is 0 Å². The molecule has 1 aromatic carbocycles. The van der Waals surface area contributed by atoms with Crippen LogP contribution in [-0.2, 0) is 4.74 Å². The molecule has 1 saturated heterocycles. The van der Waals surface area contributed by atoms with Crippen LogP contribution < -0.4 is 15.0 Å². The lowest BCUT2D eigenvalue weighted by molar-refractivity contribution is 0.122. The molecule has 1 fully saturated rings. The van der Waals surface area contributed by atoms with Gasteiger partial charge < -0.3 is 19.7 Å². The summed E-state index contributed by atoms with van der Waals surface area (Å²) in [7, 11) is 1.61. The molecule has 0 atom stereocenters. The van der Waals surface area contributed by atoms with Gasteiger partial charge in [0.2, 0.25) is 11.8 Å². The van der Waals surface area contributed by atoms with Crippen LogP contribution in [0.5, 0.6) is 5.88 Å². The van der Waals surface area contributed by atoms with Gasteiger partial charge in [-0.1, -0.05) is 29.8 Å². The van der Waals surface area contributed by atoms with Crippen LogP contribution in [0.2, 0.25) is 0 Å². The van der Waals surface area contributed by atoms with E-state index < -0.39 is 0 Å². The number of benzene rings is 1. The predicted molar refractivity (Wildman–Crippen MR) is 109 cm³/mol. The summed E-state index contributed by atoms with van der Waals surface area (Å²) in [5.74, 6) is 1.90. The number of nitrogens with zero attached hydrogens (tertiary/aromatic N) is 4. The Hall–Kier alpha value is -3.19. The number of nitrogens with one attached hydrogen (secondary N) is 1. The number of hydrogen-bond acceptors (Lipinski definition) is 7. The van der Waals surface area contributed by atoms with Crippen LogP contribution in [0.4, 0.5) is 17.5 Å². The van der Waals surface area contributed by atoms with Gasteiger partial charge in [-0.25, -0.2) is 9.97 Å². The van der Waals surface area contributed by atoms with Crippen LogP contribution in [0.15, 0.2) is 48.8 Å². The van der Waals surface area contributed by atoms with Gasteiger partial charge in [-0.3, -0.25) is 0 Å². The number of ether oxygens (including phenoxy) is 2. The molecule has 0 aliphatic carbocycles. The Morgan fingerprint density at radius 2 is 1.82 bits per heavy atom. The number of anilines is 3. The molecule has 28 heavy (non-hydrogen) atoms. The molecule has 0 saturated carbocycles. The fraction of sp³-hybridized carbons (Fsp3) is 0.286. The van der Waals surface area contributed by atoms with Gasteiger partial charge >= 0.3 is 0 Å². The fourth-order valence-electron chi connectivity index (χ4n) is 3.08. The highest BCUT2D eigenvalue weighted by molar-refractivity contribution is 5.72. The molecular weight excluding hydrogens is 354 g/mol. The zero-order valence-corrected chi connectivity index (χ0v) is 16.1. The Kier molecular flexibility index (Phi) is 5.34. The number of aromatic nitrogens is 3. The van der Waals surface area contributed by atoms with E-state index in [9.17, 15) is 0 Å². The Morgan fingerprint density at radius 3 is 2.57 bits per heavy atom. The third-order valence-electron chi connectivity index (χ3n) is 4.63. The first-order valence-corrected chi connectivity index (χ1v) is 9.27. The first-order chi connectivity index (χ1) is 13.7. The smallest absolute Gasteiger partial charge is 0.237 e. The van der Waals surface area contributed by atoms with Crippen molar-refractivity contribution in [3.8, 4) is 17.0 Å². The van der Waals surface area contributed by atoms with Crippen molar-refractivity contribution in [3.05, 3.63) is 54.4 Å². The third kappa shape index (κ3) is 4.04. The zero-order chi connectivity index (χ0) is 19.3. The molecule has 7 nitrogen and oxygen atoms in total. The van der Waals surface area contributed by atoms with Gasteiger partial charge in [-0.2, -0.15) is 4.98 Å². The molecule has 3 aromatic rings. The number of hydrogen-bond donors (Lipinski definition) is 1. The Balaban J connectivity index is 1.61. The molecule has 0 amide bonds. The van der Waals surface area contributed by atoms with Crippen molar-refractivity contribution in [1.82, 2.24) is 15.0 Å². The molecular formula is C21H23N5O2. The van der Waals surface area contributed by atoms with E-state index in [2.05, 4.69) is 56.4 Å². The lowest BCUT2D eigenvalue weighted by Gasteiger charge is -2.26. The molecule has 4 rings (SSSR count). The van der Waals surface area contributed by atoms with E-state index in [4.69, 9.17) is 9.47 Å². The van der Waals surface area contributed by atoms with Crippen LogP contribution >= 0.6 is 0 Å². The van der Waals surface area contributed by atoms with E-state index in [1.54, 1.807) is 13.3 Å². The number of morpholine rings is 1. The van der Waals surface area contributed by atoms with Crippen LogP contribution in [0.1, 0.15) is 5.56 Å². The minimum atomic E-state index is 0.516. The minimum absolute atomic E-state index is 0.516. The van der Waals surface area contributed by atoms with Crippen molar-refractivity contribution >= 4 is 17.5 Å². The highest BCUT2D eigenvalue weighted by atomic mass is 16.5. The second-order valence-corrected chi connectivity index (χ2v) is 6.61. The zero-order valence-electron chi connectivity index (χ0n) is 16.1. The highest BCUT2D eigenvalue weighted by Crippen LogP contribution is 2.30. The second kappa shape index (κ2) is 8.22. The third-order valence-corrected chi connectivity index (χ3v) is 4.63. The molecule has 0 spiro atoms. The van der Waals surface area contributed by atoms with Crippen LogP contribution in [0, 0.1) is 6.92 Å². The summed E-state index contributed by atoms with van der Waals surface area (Å²) < 4.78 is 10.8. The summed E-state index contributed by atoms with van der Waals surface area (Å²) in [5, 5.41) is 3.33. The summed E-state index contributed by atoms with van der Waals surface area (Å²) in [5.41, 5.74) is 4.08. The summed E-state index contributed by atoms with van der Waals surface area (Å²) >= 11 is 0.